The minimum atomic E-state index is -3.61. The van der Waals surface area contributed by atoms with Gasteiger partial charge in [0.05, 0.1) is 4.90 Å². The Bertz CT molecular complexity index is 359. The smallest absolute Gasteiger partial charge is 0.253 e. The molecule has 1 rings (SSSR count). The summed E-state index contributed by atoms with van der Waals surface area (Å²) in [5, 5.41) is 8.85. The Kier molecular flexibility index (Phi) is 2.56. The number of nitrogens with one attached hydrogen (secondary N) is 1. The number of rotatable bonds is 2. The monoisotopic (exact) mass is 207 g/mol. The van der Waals surface area contributed by atoms with Crippen LogP contribution in [-0.2, 0) is 10.0 Å². The second kappa shape index (κ2) is 3.30. The third-order valence-corrected chi connectivity index (χ3v) is 2.95. The molecule has 6 heteroatoms. The maximum absolute atomic E-state index is 11.0. The van der Waals surface area contributed by atoms with Crippen molar-refractivity contribution in [2.75, 3.05) is 0 Å². The number of phenolic OH excluding ortho intramolecular Hbond substituents is 1. The number of benzene rings is 1. The van der Waals surface area contributed by atoms with Gasteiger partial charge in [0.15, 0.2) is 0 Å². The molecule has 12 heavy (non-hydrogen) atoms. The first-order valence-electron chi connectivity index (χ1n) is 2.98. The van der Waals surface area contributed by atoms with Gasteiger partial charge in [-0.3, -0.25) is 0 Å². The van der Waals surface area contributed by atoms with Crippen molar-refractivity contribution in [1.29, 1.82) is 0 Å². The number of halogens is 1. The first kappa shape index (κ1) is 9.31. The fourth-order valence-electron chi connectivity index (χ4n) is 0.670. The van der Waals surface area contributed by atoms with Gasteiger partial charge in [0.2, 0.25) is 0 Å². The average Bonchev–Trinajstić information content (AvgIpc) is 2.05. The number of hydrogen-bond donors (Lipinski definition) is 2. The molecule has 0 aliphatic carbocycles. The first-order valence-corrected chi connectivity index (χ1v) is 4.84. The van der Waals surface area contributed by atoms with Gasteiger partial charge in [-0.05, 0) is 36.0 Å². The summed E-state index contributed by atoms with van der Waals surface area (Å²) >= 11 is 4.97. The molecule has 0 bridgehead atoms. The van der Waals surface area contributed by atoms with E-state index in [0.717, 1.165) is 0 Å². The van der Waals surface area contributed by atoms with Crippen LogP contribution in [0, 0.1) is 0 Å². The Balaban J connectivity index is 3.14. The summed E-state index contributed by atoms with van der Waals surface area (Å²) in [5.74, 6) is 0.00326. The van der Waals surface area contributed by atoms with Crippen molar-refractivity contribution in [2.45, 2.75) is 4.90 Å². The second-order valence-electron chi connectivity index (χ2n) is 2.07. The van der Waals surface area contributed by atoms with E-state index in [4.69, 9.17) is 16.9 Å². The molecule has 2 N–H and O–H groups in total. The Morgan fingerprint density at radius 2 is 1.75 bits per heavy atom. The van der Waals surface area contributed by atoms with E-state index < -0.39 is 10.0 Å². The summed E-state index contributed by atoms with van der Waals surface area (Å²) in [6.45, 7) is 0. The van der Waals surface area contributed by atoms with E-state index in [1.54, 1.807) is 4.24 Å². The van der Waals surface area contributed by atoms with Crippen LogP contribution in [0.1, 0.15) is 0 Å². The number of aromatic hydroxyl groups is 1. The minimum Gasteiger partial charge on any atom is -0.508 e. The van der Waals surface area contributed by atoms with Gasteiger partial charge in [-0.2, -0.15) is 0 Å². The van der Waals surface area contributed by atoms with Crippen LogP contribution in [0.25, 0.3) is 0 Å². The molecule has 0 unspecified atom stereocenters. The van der Waals surface area contributed by atoms with Crippen LogP contribution in [0.3, 0.4) is 0 Å². The molecular formula is C6H6ClNO3S. The first-order chi connectivity index (χ1) is 5.56. The van der Waals surface area contributed by atoms with Gasteiger partial charge in [0.25, 0.3) is 10.0 Å². The molecule has 66 valence electrons. The van der Waals surface area contributed by atoms with Crippen molar-refractivity contribution in [3.8, 4) is 5.75 Å². The highest BCUT2D eigenvalue weighted by Crippen LogP contribution is 2.13. The molecule has 0 heterocycles. The Morgan fingerprint density at radius 3 is 2.17 bits per heavy atom. The summed E-state index contributed by atoms with van der Waals surface area (Å²) in [6, 6.07) is 5.03. The summed E-state index contributed by atoms with van der Waals surface area (Å²) in [7, 11) is -3.61. The van der Waals surface area contributed by atoms with E-state index in [9.17, 15) is 8.42 Å². The van der Waals surface area contributed by atoms with Crippen LogP contribution >= 0.6 is 11.8 Å². The molecular weight excluding hydrogens is 202 g/mol. The van der Waals surface area contributed by atoms with Crippen molar-refractivity contribution in [1.82, 2.24) is 4.24 Å². The van der Waals surface area contributed by atoms with Crippen LogP contribution < -0.4 is 4.24 Å². The largest absolute Gasteiger partial charge is 0.508 e. The topological polar surface area (TPSA) is 66.4 Å². The fourth-order valence-corrected chi connectivity index (χ4v) is 1.52. The van der Waals surface area contributed by atoms with E-state index >= 15 is 0 Å². The predicted octanol–water partition coefficient (Wildman–Crippen LogP) is 0.824. The lowest BCUT2D eigenvalue weighted by molar-refractivity contribution is 0.475. The van der Waals surface area contributed by atoms with Gasteiger partial charge in [-0.1, -0.05) is 0 Å². The summed E-state index contributed by atoms with van der Waals surface area (Å²) in [5.41, 5.74) is 0. The maximum Gasteiger partial charge on any atom is 0.253 e. The third-order valence-electron chi connectivity index (χ3n) is 1.25. The Hall–Kier alpha value is -0.780. The van der Waals surface area contributed by atoms with Crippen LogP contribution in [0.15, 0.2) is 29.2 Å². The van der Waals surface area contributed by atoms with Gasteiger partial charge < -0.3 is 5.11 Å². The van der Waals surface area contributed by atoms with Gasteiger partial charge in [0, 0.05) is 0 Å². The molecule has 0 aliphatic heterocycles. The lowest BCUT2D eigenvalue weighted by atomic mass is 10.3. The van der Waals surface area contributed by atoms with E-state index in [0.29, 0.717) is 0 Å². The SMILES string of the molecule is O=S(=O)(NCl)c1ccc(O)cc1. The van der Waals surface area contributed by atoms with Gasteiger partial charge >= 0.3 is 0 Å². The van der Waals surface area contributed by atoms with E-state index in [1.165, 1.54) is 24.3 Å². The molecule has 0 amide bonds. The molecule has 0 spiro atoms. The summed E-state index contributed by atoms with van der Waals surface area (Å²) in [4.78, 5) is 0.00954. The van der Waals surface area contributed by atoms with Gasteiger partial charge in [0.1, 0.15) is 5.75 Å². The third kappa shape index (κ3) is 1.88. The molecule has 1 aromatic rings. The predicted molar refractivity (Wildman–Crippen MR) is 44.3 cm³/mol. The van der Waals surface area contributed by atoms with Crippen LogP contribution in [0.2, 0.25) is 0 Å². The second-order valence-corrected chi connectivity index (χ2v) is 4.17. The van der Waals surface area contributed by atoms with Crippen molar-refractivity contribution in [3.63, 3.8) is 0 Å². The highest BCUT2D eigenvalue weighted by atomic mass is 35.5. The van der Waals surface area contributed by atoms with Crippen LogP contribution in [0.4, 0.5) is 0 Å². The summed E-state index contributed by atoms with van der Waals surface area (Å²) in [6.07, 6.45) is 0. The highest BCUT2D eigenvalue weighted by Gasteiger charge is 2.10. The zero-order valence-corrected chi connectivity index (χ0v) is 7.43. The molecule has 0 saturated heterocycles. The van der Waals surface area contributed by atoms with Crippen molar-refractivity contribution in [2.24, 2.45) is 0 Å². The molecule has 0 saturated carbocycles. The van der Waals surface area contributed by atoms with Crippen LogP contribution in [0.5, 0.6) is 5.75 Å². The van der Waals surface area contributed by atoms with Gasteiger partial charge in [-0.15, -0.1) is 4.24 Å². The highest BCUT2D eigenvalue weighted by molar-refractivity contribution is 7.90. The van der Waals surface area contributed by atoms with E-state index in [1.807, 2.05) is 0 Å². The standard InChI is InChI=1S/C6H6ClNO3S/c7-8-12(10,11)6-3-1-5(9)2-4-6/h1-4,8-9H. The zero-order chi connectivity index (χ0) is 9.19. The molecule has 4 nitrogen and oxygen atoms in total. The molecule has 0 atom stereocenters. The summed E-state index contributed by atoms with van der Waals surface area (Å²) < 4.78 is 23.6. The van der Waals surface area contributed by atoms with Crippen molar-refractivity contribution in [3.05, 3.63) is 24.3 Å². The maximum atomic E-state index is 11.0. The van der Waals surface area contributed by atoms with Crippen molar-refractivity contribution < 1.29 is 13.5 Å². The fraction of sp³-hybridized carbons (Fsp3) is 0. The zero-order valence-electron chi connectivity index (χ0n) is 5.86. The molecule has 0 radical (unpaired) electrons. The van der Waals surface area contributed by atoms with E-state index in [-0.39, 0.29) is 10.6 Å². The lowest BCUT2D eigenvalue weighted by Gasteiger charge is -1.99. The quantitative estimate of drug-likeness (QED) is 0.706. The number of phenols is 1. The Labute approximate surface area is 75.0 Å². The van der Waals surface area contributed by atoms with E-state index in [2.05, 4.69) is 0 Å². The van der Waals surface area contributed by atoms with Crippen LogP contribution in [-0.4, -0.2) is 13.5 Å². The van der Waals surface area contributed by atoms with Gasteiger partial charge in [-0.25, -0.2) is 8.42 Å². The molecule has 1 aromatic carbocycles. The normalized spacial score (nSPS) is 11.4. The lowest BCUT2D eigenvalue weighted by Crippen LogP contribution is -2.12. The van der Waals surface area contributed by atoms with Crippen molar-refractivity contribution >= 4 is 21.8 Å². The number of hydrogen-bond acceptors (Lipinski definition) is 3. The molecule has 0 aliphatic rings. The molecule has 0 fully saturated rings. The average molecular weight is 208 g/mol. The number of sulfonamides is 1. The molecule has 0 aromatic heterocycles. The Morgan fingerprint density at radius 1 is 1.25 bits per heavy atom. The minimum absolute atomic E-state index is 0.00326.